The number of halogens is 3. The molecule has 0 aliphatic carbocycles. The van der Waals surface area contributed by atoms with E-state index in [1.54, 1.807) is 5.29 Å². The molecule has 3 rings (SSSR count). The van der Waals surface area contributed by atoms with E-state index >= 15 is 0 Å². The summed E-state index contributed by atoms with van der Waals surface area (Å²) in [6.07, 6.45) is 0. The van der Waals surface area contributed by atoms with Crippen molar-refractivity contribution in [2.75, 3.05) is 0 Å². The molecule has 1 radical (unpaired) electrons. The van der Waals surface area contributed by atoms with E-state index in [0.29, 0.717) is 5.66 Å². The van der Waals surface area contributed by atoms with Gasteiger partial charge in [-0.1, -0.05) is 60.7 Å². The second-order valence-electron chi connectivity index (χ2n) is 4.02. The van der Waals surface area contributed by atoms with Gasteiger partial charge in [-0.25, -0.2) is 0 Å². The Hall–Kier alpha value is 0.533. The Bertz CT molecular complexity index is 574. The topological polar surface area (TPSA) is 0 Å². The molecule has 1 aliphatic rings. The first-order valence-electron chi connectivity index (χ1n) is 5.71. The number of rotatable bonds is 2. The largest absolute Gasteiger partial charge is 3.00 e. The Morgan fingerprint density at radius 2 is 1.29 bits per heavy atom. The van der Waals surface area contributed by atoms with Gasteiger partial charge >= 0.3 is 26.2 Å². The van der Waals surface area contributed by atoms with Crippen molar-refractivity contribution in [3.05, 3.63) is 71.8 Å². The van der Waals surface area contributed by atoms with Gasteiger partial charge in [0.1, 0.15) is 5.54 Å². The quantitative estimate of drug-likeness (QED) is 0.402. The molecule has 0 fully saturated rings. The fraction of sp³-hybridized carbons (Fsp3) is 0.0667. The first-order chi connectivity index (χ1) is 8.45. The molecule has 2 atom stereocenters. The second-order valence-corrected chi connectivity index (χ2v) is 6.70. The summed E-state index contributed by atoms with van der Waals surface area (Å²) in [7, 11) is 2.30. The Morgan fingerprint density at radius 1 is 0.762 bits per heavy atom. The zero-order valence-electron chi connectivity index (χ0n) is 11.0. The van der Waals surface area contributed by atoms with Crippen LogP contribution in [-0.2, 0) is 26.2 Å². The molecule has 0 bridgehead atoms. The molecule has 1 aliphatic heterocycles. The van der Waals surface area contributed by atoms with Crippen molar-refractivity contribution in [2.24, 2.45) is 0 Å². The first kappa shape index (κ1) is 23.8. The van der Waals surface area contributed by atoms with Crippen molar-refractivity contribution in [3.63, 3.8) is 0 Å². The molecule has 0 amide bonds. The summed E-state index contributed by atoms with van der Waals surface area (Å²) < 4.78 is 0. The van der Waals surface area contributed by atoms with Gasteiger partial charge in [0.05, 0.1) is 8.20 Å². The van der Waals surface area contributed by atoms with Crippen LogP contribution in [0.1, 0.15) is 16.8 Å². The smallest absolute Gasteiger partial charge is 1.00 e. The van der Waals surface area contributed by atoms with Gasteiger partial charge in [-0.3, -0.25) is 0 Å². The van der Waals surface area contributed by atoms with Crippen molar-refractivity contribution in [1.82, 2.24) is 0 Å². The second kappa shape index (κ2) is 12.0. The van der Waals surface area contributed by atoms with Crippen molar-refractivity contribution >= 4 is 27.2 Å². The van der Waals surface area contributed by atoms with Gasteiger partial charge in [-0.05, 0) is 13.8 Å². The molecule has 0 saturated carbocycles. The first-order valence-corrected chi connectivity index (χ1v) is 7.83. The molecule has 2 unspecified atom stereocenters. The fourth-order valence-electron chi connectivity index (χ4n) is 2.08. The van der Waals surface area contributed by atoms with Crippen LogP contribution in [0.4, 0.5) is 0 Å². The van der Waals surface area contributed by atoms with Gasteiger partial charge in [-0.2, -0.15) is 0 Å². The molecule has 0 nitrogen and oxygen atoms in total. The van der Waals surface area contributed by atoms with Crippen molar-refractivity contribution in [2.45, 2.75) is 5.66 Å². The van der Waals surface area contributed by atoms with Gasteiger partial charge in [0, 0.05) is 10.9 Å². The van der Waals surface area contributed by atoms with Crippen LogP contribution in [0.25, 0.3) is 0 Å². The van der Waals surface area contributed by atoms with E-state index in [9.17, 15) is 0 Å². The normalized spacial score (nSPS) is 16.2. The van der Waals surface area contributed by atoms with Gasteiger partial charge < -0.3 is 37.2 Å². The summed E-state index contributed by atoms with van der Waals surface area (Å²) in [4.78, 5) is 0. The molecule has 1 heterocycles. The van der Waals surface area contributed by atoms with E-state index in [1.807, 2.05) is 0 Å². The predicted octanol–water partition coefficient (Wildman–Crippen LogP) is -4.64. The average Bonchev–Trinajstić information content (AvgIpc) is 2.90. The van der Waals surface area contributed by atoms with Crippen LogP contribution >= 0.6 is 16.4 Å². The predicted molar refractivity (Wildman–Crippen MR) is 81.0 cm³/mol. The summed E-state index contributed by atoms with van der Waals surface area (Å²) in [5, 5.41) is 1.55. The summed E-state index contributed by atoms with van der Waals surface area (Å²) in [6, 6.07) is 21.6. The summed E-state index contributed by atoms with van der Waals surface area (Å²) in [5.41, 5.74) is 5.84. The van der Waals surface area contributed by atoms with Crippen LogP contribution in [0.2, 0.25) is 0 Å². The molecule has 0 aromatic heterocycles. The van der Waals surface area contributed by atoms with Crippen LogP contribution in [0.15, 0.2) is 60.7 Å². The van der Waals surface area contributed by atoms with E-state index in [-0.39, 0.29) is 63.4 Å². The van der Waals surface area contributed by atoms with Crippen molar-refractivity contribution < 1.29 is 63.4 Å². The monoisotopic (exact) mass is 450 g/mol. The van der Waals surface area contributed by atoms with Crippen LogP contribution < -0.4 is 37.2 Å². The van der Waals surface area contributed by atoms with E-state index < -0.39 is 0 Å². The molecule has 0 spiro atoms. The Labute approximate surface area is 167 Å². The van der Waals surface area contributed by atoms with Gasteiger partial charge in [-0.15, -0.1) is 0 Å². The molecule has 0 N–H and O–H groups in total. The van der Waals surface area contributed by atoms with Gasteiger partial charge in [0.25, 0.3) is 0 Å². The average molecular weight is 453 g/mol. The number of hydrogen-bond acceptors (Lipinski definition) is 0. The van der Waals surface area contributed by atoms with E-state index in [1.165, 1.54) is 19.3 Å². The third-order valence-electron chi connectivity index (χ3n) is 2.92. The fourth-order valence-corrected chi connectivity index (χ4v) is 5.29. The minimum absolute atomic E-state index is 0. The van der Waals surface area contributed by atoms with Gasteiger partial charge in [0.15, 0.2) is 5.66 Å². The molecule has 107 valence electrons. The third kappa shape index (κ3) is 5.91. The number of hydrogen-bond donors (Lipinski definition) is 0. The Kier molecular flexibility index (Phi) is 13.6. The molecule has 2 aromatic carbocycles. The van der Waals surface area contributed by atoms with Crippen molar-refractivity contribution in [1.29, 1.82) is 0 Å². The molecule has 2 aromatic rings. The standard InChI is InChI=1S/C15H12P2.3ClH.Zr/c1-3-7-12(8-4-1)14-15(17-11-16-14)13-9-5-2-6-10-13;;;;/h1-11,14H;3*1H;/q;;;;+3/p-2. The van der Waals surface area contributed by atoms with Crippen LogP contribution in [0.5, 0.6) is 0 Å². The molecule has 21 heavy (non-hydrogen) atoms. The minimum atomic E-state index is 0. The maximum absolute atomic E-state index is 2.40. The molecular formula is C15H13Cl3P2Zr+. The number of benzene rings is 2. The summed E-state index contributed by atoms with van der Waals surface area (Å²) in [5.74, 6) is 0. The van der Waals surface area contributed by atoms with E-state index in [4.69, 9.17) is 0 Å². The van der Waals surface area contributed by atoms with Crippen molar-refractivity contribution in [3.8, 4) is 0 Å². The Morgan fingerprint density at radius 3 is 1.86 bits per heavy atom. The molecule has 0 saturated heterocycles. The minimum Gasteiger partial charge on any atom is -1.00 e. The van der Waals surface area contributed by atoms with Gasteiger partial charge in [0.2, 0.25) is 0 Å². The Balaban J connectivity index is 0. The molecule has 6 heteroatoms. The summed E-state index contributed by atoms with van der Waals surface area (Å²) in [6.45, 7) is 0. The van der Waals surface area contributed by atoms with Crippen LogP contribution in [0.3, 0.4) is 0 Å². The molecular weight excluding hydrogens is 440 g/mol. The third-order valence-corrected chi connectivity index (χ3v) is 6.03. The zero-order valence-corrected chi connectivity index (χ0v) is 17.6. The summed E-state index contributed by atoms with van der Waals surface area (Å²) >= 11 is 0. The van der Waals surface area contributed by atoms with Crippen LogP contribution in [0, 0.1) is 0 Å². The maximum atomic E-state index is 2.40. The van der Waals surface area contributed by atoms with E-state index in [0.717, 1.165) is 8.20 Å². The van der Waals surface area contributed by atoms with Crippen LogP contribution in [-0.4, -0.2) is 10.8 Å². The van der Waals surface area contributed by atoms with E-state index in [2.05, 4.69) is 66.2 Å². The SMILES string of the molecule is C1=[PH+]C(c2ccccc2)C(c2ccccc2)=P1.[Cl-].[Cl-].[Cl-].[Zr+3]. The zero-order chi connectivity index (χ0) is 11.5. The maximum Gasteiger partial charge on any atom is 3.00 e.